The fourth-order valence-corrected chi connectivity index (χ4v) is 6.23. The zero-order chi connectivity index (χ0) is 33.2. The van der Waals surface area contributed by atoms with E-state index in [2.05, 4.69) is 20.9 Å². The maximum absolute atomic E-state index is 13.7. The first-order valence-electron chi connectivity index (χ1n) is 14.8. The van der Waals surface area contributed by atoms with E-state index < -0.39 is 17.1 Å². The fraction of sp³-hybridized carbons (Fsp3) is 0.139. The van der Waals surface area contributed by atoms with Gasteiger partial charge in [0.1, 0.15) is 5.70 Å². The lowest BCUT2D eigenvalue weighted by atomic mass is 10.0. The Bertz CT molecular complexity index is 1940. The molecule has 0 radical (unpaired) electrons. The van der Waals surface area contributed by atoms with Crippen LogP contribution in [0.4, 0.5) is 10.8 Å². The van der Waals surface area contributed by atoms with Gasteiger partial charge in [0.15, 0.2) is 5.13 Å². The summed E-state index contributed by atoms with van der Waals surface area (Å²) in [4.78, 5) is 56.5. The van der Waals surface area contributed by atoms with Gasteiger partial charge in [0.2, 0.25) is 5.91 Å². The molecule has 5 aromatic rings. The molecule has 1 unspecified atom stereocenters. The largest absolute Gasteiger partial charge is 0.466 e. The molecule has 0 aliphatic rings. The number of aromatic nitrogens is 1. The number of esters is 1. The Kier molecular flexibility index (Phi) is 11.2. The van der Waals surface area contributed by atoms with Crippen molar-refractivity contribution in [1.82, 2.24) is 10.3 Å². The molecule has 0 aliphatic carbocycles. The Morgan fingerprint density at radius 3 is 2.47 bits per heavy atom. The molecule has 3 amide bonds. The third-order valence-electron chi connectivity index (χ3n) is 6.84. The smallest absolute Gasteiger partial charge is 0.311 e. The van der Waals surface area contributed by atoms with Gasteiger partial charge in [-0.1, -0.05) is 66.7 Å². The average molecular weight is 665 g/mol. The van der Waals surface area contributed by atoms with Crippen molar-refractivity contribution in [3.05, 3.63) is 125 Å². The van der Waals surface area contributed by atoms with Crippen LogP contribution < -0.4 is 16.0 Å². The molecule has 11 heteroatoms. The molecular formula is C36H32N4O5S2. The van der Waals surface area contributed by atoms with Gasteiger partial charge >= 0.3 is 5.97 Å². The van der Waals surface area contributed by atoms with Gasteiger partial charge in [-0.3, -0.25) is 19.2 Å². The molecule has 0 saturated heterocycles. The number of ether oxygens (including phenoxy) is 1. The molecule has 0 aliphatic heterocycles. The summed E-state index contributed by atoms with van der Waals surface area (Å²) in [6.07, 6.45) is 1.71. The molecule has 0 spiro atoms. The van der Waals surface area contributed by atoms with Crippen molar-refractivity contribution in [2.24, 2.45) is 0 Å². The molecule has 47 heavy (non-hydrogen) atoms. The van der Waals surface area contributed by atoms with Crippen LogP contribution >= 0.6 is 23.1 Å². The number of fused-ring (bicyclic) bond motifs is 1. The van der Waals surface area contributed by atoms with E-state index in [0.717, 1.165) is 21.2 Å². The topological polar surface area (TPSA) is 126 Å². The Hall–Kier alpha value is -5.26. The molecule has 0 saturated carbocycles. The van der Waals surface area contributed by atoms with Crippen LogP contribution in [0.3, 0.4) is 0 Å². The molecule has 3 N–H and O–H groups in total. The van der Waals surface area contributed by atoms with Crippen LogP contribution in [0, 0.1) is 0 Å². The number of thioether (sulfide) groups is 1. The van der Waals surface area contributed by atoms with Gasteiger partial charge in [-0.05, 0) is 66.6 Å². The lowest BCUT2D eigenvalue weighted by Crippen LogP contribution is -2.30. The molecule has 1 heterocycles. The number of nitrogens with zero attached hydrogens (tertiary/aromatic N) is 1. The number of carbonyl (C=O) groups is 4. The van der Waals surface area contributed by atoms with Gasteiger partial charge in [0.05, 0.1) is 24.0 Å². The lowest BCUT2D eigenvalue weighted by molar-refractivity contribution is -0.142. The standard InChI is InChI=1S/C36H32N4O5S2/c1-3-45-32(41)21-28-22-46-36(38-28)40-33(42)23(2)47-29-17-10-16-27(20-29)37-35(44)31(39-34(43)25-12-5-4-6-13-25)19-26-15-9-14-24-11-7-8-18-30(24)26/h4-20,22-23H,3,21H2,1-2H3,(H,37,44)(H,39,43)(H,38,40,42)/b31-19+. The first kappa shape index (κ1) is 33.1. The van der Waals surface area contributed by atoms with E-state index >= 15 is 0 Å². The van der Waals surface area contributed by atoms with Crippen LogP contribution in [-0.4, -0.2) is 40.5 Å². The van der Waals surface area contributed by atoms with E-state index in [4.69, 9.17) is 4.74 Å². The molecule has 0 bridgehead atoms. The minimum atomic E-state index is -0.502. The number of carbonyl (C=O) groups excluding carboxylic acids is 4. The van der Waals surface area contributed by atoms with Crippen LogP contribution in [0.2, 0.25) is 0 Å². The highest BCUT2D eigenvalue weighted by molar-refractivity contribution is 8.00. The van der Waals surface area contributed by atoms with E-state index in [1.165, 1.54) is 23.1 Å². The average Bonchev–Trinajstić information content (AvgIpc) is 3.51. The number of amides is 3. The maximum Gasteiger partial charge on any atom is 0.311 e. The Labute approximate surface area is 280 Å². The van der Waals surface area contributed by atoms with Crippen molar-refractivity contribution in [3.63, 3.8) is 0 Å². The van der Waals surface area contributed by atoms with E-state index in [0.29, 0.717) is 28.7 Å². The summed E-state index contributed by atoms with van der Waals surface area (Å²) in [5.41, 5.74) is 2.30. The van der Waals surface area contributed by atoms with Crippen LogP contribution in [0.15, 0.2) is 113 Å². The molecule has 5 rings (SSSR count). The third-order valence-corrected chi connectivity index (χ3v) is 8.74. The van der Waals surface area contributed by atoms with Crippen LogP contribution in [0.1, 0.15) is 35.5 Å². The maximum atomic E-state index is 13.7. The van der Waals surface area contributed by atoms with Crippen molar-refractivity contribution in [2.75, 3.05) is 17.2 Å². The van der Waals surface area contributed by atoms with Crippen molar-refractivity contribution in [1.29, 1.82) is 0 Å². The number of thiazole rings is 1. The van der Waals surface area contributed by atoms with Crippen molar-refractivity contribution in [2.45, 2.75) is 30.4 Å². The summed E-state index contributed by atoms with van der Waals surface area (Å²) in [6, 6.07) is 29.4. The molecule has 238 valence electrons. The number of benzene rings is 4. The van der Waals surface area contributed by atoms with E-state index in [-0.39, 0.29) is 24.0 Å². The van der Waals surface area contributed by atoms with Crippen LogP contribution in [0.25, 0.3) is 16.8 Å². The zero-order valence-corrected chi connectivity index (χ0v) is 27.3. The lowest BCUT2D eigenvalue weighted by Gasteiger charge is -2.14. The Balaban J connectivity index is 1.29. The van der Waals surface area contributed by atoms with Gasteiger partial charge in [-0.2, -0.15) is 0 Å². The summed E-state index contributed by atoms with van der Waals surface area (Å²) in [7, 11) is 0. The molecule has 1 atom stereocenters. The highest BCUT2D eigenvalue weighted by atomic mass is 32.2. The second-order valence-electron chi connectivity index (χ2n) is 10.3. The van der Waals surface area contributed by atoms with Gasteiger partial charge in [0.25, 0.3) is 11.8 Å². The highest BCUT2D eigenvalue weighted by Gasteiger charge is 2.19. The van der Waals surface area contributed by atoms with Crippen molar-refractivity contribution in [3.8, 4) is 0 Å². The normalized spacial score (nSPS) is 11.8. The summed E-state index contributed by atoms with van der Waals surface area (Å²) in [6.45, 7) is 3.80. The zero-order valence-electron chi connectivity index (χ0n) is 25.7. The monoisotopic (exact) mass is 664 g/mol. The Morgan fingerprint density at radius 2 is 1.66 bits per heavy atom. The van der Waals surface area contributed by atoms with Gasteiger partial charge in [0, 0.05) is 21.5 Å². The van der Waals surface area contributed by atoms with E-state index in [9.17, 15) is 19.2 Å². The fourth-order valence-electron chi connectivity index (χ4n) is 4.59. The quantitative estimate of drug-likeness (QED) is 0.0750. The SMILES string of the molecule is CCOC(=O)Cc1csc(NC(=O)C(C)Sc2cccc(NC(=O)/C(=C\c3cccc4ccccc34)NC(=O)c3ccccc3)c2)n1. The molecular weight excluding hydrogens is 633 g/mol. The second kappa shape index (κ2) is 15.8. The van der Waals surface area contributed by atoms with Gasteiger partial charge in [-0.15, -0.1) is 23.1 Å². The number of rotatable bonds is 12. The van der Waals surface area contributed by atoms with Crippen LogP contribution in [0.5, 0.6) is 0 Å². The number of nitrogens with one attached hydrogen (secondary N) is 3. The first-order valence-corrected chi connectivity index (χ1v) is 16.6. The molecule has 4 aromatic carbocycles. The number of hydrogen-bond acceptors (Lipinski definition) is 8. The minimum absolute atomic E-state index is 0.0395. The molecule has 0 fully saturated rings. The highest BCUT2D eigenvalue weighted by Crippen LogP contribution is 2.28. The predicted molar refractivity (Wildman–Crippen MR) is 187 cm³/mol. The van der Waals surface area contributed by atoms with Crippen molar-refractivity contribution >= 4 is 74.5 Å². The summed E-state index contributed by atoms with van der Waals surface area (Å²) < 4.78 is 4.95. The Morgan fingerprint density at radius 1 is 0.915 bits per heavy atom. The molecule has 1 aromatic heterocycles. The van der Waals surface area contributed by atoms with Crippen LogP contribution in [-0.2, 0) is 25.5 Å². The van der Waals surface area contributed by atoms with E-state index in [1.807, 2.05) is 54.6 Å². The number of anilines is 2. The van der Waals surface area contributed by atoms with Crippen molar-refractivity contribution < 1.29 is 23.9 Å². The third kappa shape index (κ3) is 9.15. The number of hydrogen-bond donors (Lipinski definition) is 3. The molecule has 9 nitrogen and oxygen atoms in total. The summed E-state index contributed by atoms with van der Waals surface area (Å²) >= 11 is 2.55. The summed E-state index contributed by atoms with van der Waals surface area (Å²) in [5.74, 6) is -1.55. The predicted octanol–water partition coefficient (Wildman–Crippen LogP) is 6.93. The second-order valence-corrected chi connectivity index (χ2v) is 12.6. The van der Waals surface area contributed by atoms with Gasteiger partial charge in [-0.25, -0.2) is 4.98 Å². The summed E-state index contributed by atoms with van der Waals surface area (Å²) in [5, 5.41) is 12.0. The van der Waals surface area contributed by atoms with Gasteiger partial charge < -0.3 is 20.7 Å². The first-order chi connectivity index (χ1) is 22.8. The minimum Gasteiger partial charge on any atom is -0.466 e. The van der Waals surface area contributed by atoms with E-state index in [1.54, 1.807) is 67.8 Å².